The molecule has 0 radical (unpaired) electrons. The highest BCUT2D eigenvalue weighted by molar-refractivity contribution is 8.00. The first-order valence-corrected chi connectivity index (χ1v) is 9.52. The lowest BCUT2D eigenvalue weighted by Gasteiger charge is -2.06. The molecule has 136 valence electrons. The molecular weight excluding hydrogens is 362 g/mol. The molecule has 6 nitrogen and oxygen atoms in total. The molecule has 0 aliphatic heterocycles. The third kappa shape index (κ3) is 3.59. The van der Waals surface area contributed by atoms with Crippen LogP contribution in [-0.4, -0.2) is 26.7 Å². The molecule has 0 aliphatic rings. The van der Waals surface area contributed by atoms with Crippen LogP contribution in [0.15, 0.2) is 58.0 Å². The first-order valence-electron chi connectivity index (χ1n) is 8.54. The third-order valence-electron chi connectivity index (χ3n) is 4.04. The molecule has 27 heavy (non-hydrogen) atoms. The highest BCUT2D eigenvalue weighted by Gasteiger charge is 2.16. The number of aryl methyl sites for hydroxylation is 1. The molecule has 7 heteroatoms. The van der Waals surface area contributed by atoms with Crippen LogP contribution in [0.3, 0.4) is 0 Å². The van der Waals surface area contributed by atoms with E-state index in [4.69, 9.17) is 4.42 Å². The Kier molecular flexibility index (Phi) is 4.68. The fourth-order valence-corrected chi connectivity index (χ4v) is 3.52. The molecule has 2 N–H and O–H groups in total. The van der Waals surface area contributed by atoms with E-state index in [0.717, 1.165) is 22.3 Å². The number of para-hydroxylation sites is 1. The fourth-order valence-electron chi connectivity index (χ4n) is 2.74. The minimum Gasteiger partial charge on any atom is -0.508 e. The summed E-state index contributed by atoms with van der Waals surface area (Å²) in [5.74, 6) is 0.901. The number of aromatic hydroxyl groups is 1. The minimum absolute atomic E-state index is 0.155. The van der Waals surface area contributed by atoms with Gasteiger partial charge in [0.25, 0.3) is 0 Å². The Bertz CT molecular complexity index is 1120. The van der Waals surface area contributed by atoms with E-state index in [2.05, 4.69) is 15.3 Å². The molecule has 0 bridgehead atoms. The Hall–Kier alpha value is -3.06. The molecule has 0 spiro atoms. The number of carbonyl (C=O) groups excluding carboxylic acids is 1. The summed E-state index contributed by atoms with van der Waals surface area (Å²) >= 11 is 1.32. The number of phenolic OH excluding ortho intramolecular Hbond substituents is 1. The number of phenols is 1. The summed E-state index contributed by atoms with van der Waals surface area (Å²) in [5, 5.41) is 13.7. The molecule has 4 aromatic rings. The van der Waals surface area contributed by atoms with Crippen LogP contribution in [0, 0.1) is 0 Å². The normalized spacial score (nSPS) is 11.1. The van der Waals surface area contributed by atoms with Gasteiger partial charge in [0.1, 0.15) is 27.7 Å². The molecule has 1 amide bonds. The molecule has 0 saturated carbocycles. The van der Waals surface area contributed by atoms with Gasteiger partial charge in [0.2, 0.25) is 5.91 Å². The number of furan rings is 1. The van der Waals surface area contributed by atoms with Gasteiger partial charge < -0.3 is 14.8 Å². The SMILES string of the molecule is CCc1nc(SCC(=O)Nc2ccc(O)cc2)c2oc3ccccc3c2n1. The minimum atomic E-state index is -0.161. The van der Waals surface area contributed by atoms with Crippen LogP contribution in [0.1, 0.15) is 12.7 Å². The van der Waals surface area contributed by atoms with Crippen LogP contribution >= 0.6 is 11.8 Å². The van der Waals surface area contributed by atoms with Crippen LogP contribution in [-0.2, 0) is 11.2 Å². The van der Waals surface area contributed by atoms with E-state index in [1.165, 1.54) is 23.9 Å². The van der Waals surface area contributed by atoms with E-state index < -0.39 is 0 Å². The van der Waals surface area contributed by atoms with Crippen molar-refractivity contribution >= 4 is 45.4 Å². The zero-order valence-electron chi connectivity index (χ0n) is 14.6. The van der Waals surface area contributed by atoms with Crippen molar-refractivity contribution in [3.8, 4) is 5.75 Å². The van der Waals surface area contributed by atoms with Crippen molar-refractivity contribution in [2.24, 2.45) is 0 Å². The number of nitrogens with one attached hydrogen (secondary N) is 1. The number of nitrogens with zero attached hydrogens (tertiary/aromatic N) is 2. The molecule has 2 heterocycles. The highest BCUT2D eigenvalue weighted by Crippen LogP contribution is 2.33. The second-order valence-corrected chi connectivity index (χ2v) is 6.92. The number of amides is 1. The summed E-state index contributed by atoms with van der Waals surface area (Å²) in [4.78, 5) is 21.4. The van der Waals surface area contributed by atoms with Crippen LogP contribution in [0.4, 0.5) is 5.69 Å². The van der Waals surface area contributed by atoms with Crippen LogP contribution in [0.5, 0.6) is 5.75 Å². The Morgan fingerprint density at radius 1 is 1.15 bits per heavy atom. The topological polar surface area (TPSA) is 88.2 Å². The van der Waals surface area contributed by atoms with Gasteiger partial charge in [-0.25, -0.2) is 9.97 Å². The van der Waals surface area contributed by atoms with Gasteiger partial charge >= 0.3 is 0 Å². The number of hydrogen-bond donors (Lipinski definition) is 2. The third-order valence-corrected chi connectivity index (χ3v) is 5.00. The maximum absolute atomic E-state index is 12.3. The van der Waals surface area contributed by atoms with E-state index in [-0.39, 0.29) is 17.4 Å². The van der Waals surface area contributed by atoms with Crippen LogP contribution in [0.25, 0.3) is 22.1 Å². The van der Waals surface area contributed by atoms with Gasteiger partial charge in [-0.15, -0.1) is 0 Å². The lowest BCUT2D eigenvalue weighted by Crippen LogP contribution is -2.14. The van der Waals surface area contributed by atoms with Gasteiger partial charge in [0.05, 0.1) is 5.75 Å². The number of rotatable bonds is 5. The van der Waals surface area contributed by atoms with E-state index in [9.17, 15) is 9.90 Å². The molecule has 4 rings (SSSR count). The molecule has 0 atom stereocenters. The zero-order valence-corrected chi connectivity index (χ0v) is 15.4. The molecule has 2 aromatic heterocycles. The second-order valence-electron chi connectivity index (χ2n) is 5.96. The Labute approximate surface area is 159 Å². The average molecular weight is 379 g/mol. The van der Waals surface area contributed by atoms with Gasteiger partial charge in [0, 0.05) is 17.5 Å². The Morgan fingerprint density at radius 2 is 1.93 bits per heavy atom. The van der Waals surface area contributed by atoms with Crippen LogP contribution in [0.2, 0.25) is 0 Å². The maximum Gasteiger partial charge on any atom is 0.234 e. The molecular formula is C20H17N3O3S. The lowest BCUT2D eigenvalue weighted by atomic mass is 10.2. The summed E-state index contributed by atoms with van der Waals surface area (Å²) in [6.07, 6.45) is 0.697. The van der Waals surface area contributed by atoms with Gasteiger partial charge in [-0.2, -0.15) is 0 Å². The summed E-state index contributed by atoms with van der Waals surface area (Å²) in [5.41, 5.74) is 2.77. The van der Waals surface area contributed by atoms with Crippen molar-refractivity contribution in [1.29, 1.82) is 0 Å². The number of fused-ring (bicyclic) bond motifs is 3. The smallest absolute Gasteiger partial charge is 0.234 e. The van der Waals surface area contributed by atoms with E-state index in [1.54, 1.807) is 12.1 Å². The number of thioether (sulfide) groups is 1. The van der Waals surface area contributed by atoms with Crippen molar-refractivity contribution in [1.82, 2.24) is 9.97 Å². The lowest BCUT2D eigenvalue weighted by molar-refractivity contribution is -0.113. The summed E-state index contributed by atoms with van der Waals surface area (Å²) in [7, 11) is 0. The first-order chi connectivity index (χ1) is 13.1. The first kappa shape index (κ1) is 17.4. The van der Waals surface area contributed by atoms with Crippen molar-refractivity contribution in [2.75, 3.05) is 11.1 Å². The van der Waals surface area contributed by atoms with Crippen molar-refractivity contribution in [3.05, 3.63) is 54.4 Å². The van der Waals surface area contributed by atoms with Gasteiger partial charge in [-0.1, -0.05) is 30.8 Å². The fraction of sp³-hybridized carbons (Fsp3) is 0.150. The summed E-state index contributed by atoms with van der Waals surface area (Å²) < 4.78 is 5.94. The summed E-state index contributed by atoms with van der Waals surface area (Å²) in [6.45, 7) is 2.00. The van der Waals surface area contributed by atoms with Crippen molar-refractivity contribution < 1.29 is 14.3 Å². The van der Waals surface area contributed by atoms with E-state index >= 15 is 0 Å². The Balaban J connectivity index is 1.59. The number of aromatic nitrogens is 2. The average Bonchev–Trinajstić information content (AvgIpc) is 3.06. The highest BCUT2D eigenvalue weighted by atomic mass is 32.2. The largest absolute Gasteiger partial charge is 0.508 e. The predicted octanol–water partition coefficient (Wildman–Crippen LogP) is 4.37. The molecule has 0 saturated heterocycles. The standard InChI is InChI=1S/C20H17N3O3S/c1-2-16-22-18-14-5-3-4-6-15(14)26-19(18)20(23-16)27-11-17(25)21-12-7-9-13(24)10-8-12/h3-10,24H,2,11H2,1H3,(H,21,25). The van der Waals surface area contributed by atoms with Gasteiger partial charge in [0.15, 0.2) is 5.58 Å². The van der Waals surface area contributed by atoms with E-state index in [1.807, 2.05) is 31.2 Å². The molecule has 0 aliphatic carbocycles. The predicted molar refractivity (Wildman–Crippen MR) is 106 cm³/mol. The summed E-state index contributed by atoms with van der Waals surface area (Å²) in [6, 6.07) is 14.1. The number of anilines is 1. The Morgan fingerprint density at radius 3 is 2.70 bits per heavy atom. The monoisotopic (exact) mass is 379 g/mol. The maximum atomic E-state index is 12.3. The molecule has 0 unspecified atom stereocenters. The number of carbonyl (C=O) groups is 1. The number of hydrogen-bond acceptors (Lipinski definition) is 6. The molecule has 2 aromatic carbocycles. The van der Waals surface area contributed by atoms with Crippen LogP contribution < -0.4 is 5.32 Å². The quantitative estimate of drug-likeness (QED) is 0.304. The van der Waals surface area contributed by atoms with Crippen molar-refractivity contribution in [2.45, 2.75) is 18.4 Å². The van der Waals surface area contributed by atoms with Gasteiger partial charge in [-0.05, 0) is 36.4 Å². The second kappa shape index (κ2) is 7.28. The van der Waals surface area contributed by atoms with E-state index in [0.29, 0.717) is 22.7 Å². The van der Waals surface area contributed by atoms with Gasteiger partial charge in [-0.3, -0.25) is 4.79 Å². The zero-order chi connectivity index (χ0) is 18.8. The van der Waals surface area contributed by atoms with Crippen molar-refractivity contribution in [3.63, 3.8) is 0 Å². The molecule has 0 fully saturated rings. The number of benzene rings is 2.